The summed E-state index contributed by atoms with van der Waals surface area (Å²) >= 11 is 6.08. The Balaban J connectivity index is 2.31. The highest BCUT2D eigenvalue weighted by Crippen LogP contribution is 2.19. The molecule has 96 valence electrons. The summed E-state index contributed by atoms with van der Waals surface area (Å²) in [5.41, 5.74) is 1.71. The van der Waals surface area contributed by atoms with Gasteiger partial charge in [-0.1, -0.05) is 12.1 Å². The zero-order valence-corrected chi connectivity index (χ0v) is 11.3. The summed E-state index contributed by atoms with van der Waals surface area (Å²) in [4.78, 5) is 18.1. The van der Waals surface area contributed by atoms with Crippen LogP contribution in [0.1, 0.15) is 13.8 Å². The van der Waals surface area contributed by atoms with Crippen LogP contribution >= 0.6 is 11.6 Å². The van der Waals surface area contributed by atoms with Crippen molar-refractivity contribution in [3.8, 4) is 0 Å². The van der Waals surface area contributed by atoms with Gasteiger partial charge in [-0.15, -0.1) is 0 Å². The van der Waals surface area contributed by atoms with Crippen LogP contribution in [0.25, 0.3) is 11.0 Å². The summed E-state index contributed by atoms with van der Waals surface area (Å²) in [7, 11) is 0. The number of halogens is 1. The number of aromatic nitrogens is 2. The molecule has 0 unspecified atom stereocenters. The number of nitrogens with zero attached hydrogens (tertiary/aromatic N) is 3. The molecular weight excluding hydrogens is 250 g/mol. The van der Waals surface area contributed by atoms with E-state index in [1.54, 1.807) is 9.47 Å². The van der Waals surface area contributed by atoms with Gasteiger partial charge < -0.3 is 9.47 Å². The molecule has 0 atom stereocenters. The largest absolute Gasteiger partial charge is 0.342 e. The van der Waals surface area contributed by atoms with E-state index in [-0.39, 0.29) is 12.5 Å². The van der Waals surface area contributed by atoms with Gasteiger partial charge in [0.2, 0.25) is 11.2 Å². The molecule has 2 aromatic rings. The van der Waals surface area contributed by atoms with E-state index in [0.29, 0.717) is 18.4 Å². The zero-order chi connectivity index (χ0) is 13.1. The van der Waals surface area contributed by atoms with Crippen LogP contribution in [0, 0.1) is 0 Å². The first kappa shape index (κ1) is 12.9. The van der Waals surface area contributed by atoms with Gasteiger partial charge in [-0.05, 0) is 37.6 Å². The molecule has 0 spiro atoms. The predicted molar refractivity (Wildman–Crippen MR) is 72.7 cm³/mol. The Labute approximate surface area is 111 Å². The molecule has 0 bridgehead atoms. The van der Waals surface area contributed by atoms with Crippen molar-refractivity contribution >= 4 is 28.5 Å². The predicted octanol–water partition coefficient (Wildman–Crippen LogP) is 2.56. The van der Waals surface area contributed by atoms with Gasteiger partial charge in [0, 0.05) is 13.1 Å². The maximum atomic E-state index is 12.1. The monoisotopic (exact) mass is 265 g/mol. The number of fused-ring (bicyclic) bond motifs is 1. The third kappa shape index (κ3) is 2.34. The van der Waals surface area contributed by atoms with E-state index in [4.69, 9.17) is 11.6 Å². The second-order valence-corrected chi connectivity index (χ2v) is 4.36. The summed E-state index contributed by atoms with van der Waals surface area (Å²) in [6, 6.07) is 7.63. The number of hydrogen-bond donors (Lipinski definition) is 0. The summed E-state index contributed by atoms with van der Waals surface area (Å²) < 4.78 is 1.75. The molecule has 0 N–H and O–H groups in total. The number of amides is 1. The molecule has 0 radical (unpaired) electrons. The van der Waals surface area contributed by atoms with E-state index in [2.05, 4.69) is 4.98 Å². The van der Waals surface area contributed by atoms with Crippen LogP contribution in [-0.2, 0) is 11.3 Å². The molecule has 0 aliphatic rings. The number of rotatable bonds is 4. The number of likely N-dealkylation sites (N-methyl/N-ethyl adjacent to an activating group) is 1. The fourth-order valence-electron chi connectivity index (χ4n) is 2.01. The fraction of sp³-hybridized carbons (Fsp3) is 0.385. The zero-order valence-electron chi connectivity index (χ0n) is 10.6. The second-order valence-electron chi connectivity index (χ2n) is 4.02. The highest BCUT2D eigenvalue weighted by molar-refractivity contribution is 6.29. The van der Waals surface area contributed by atoms with E-state index in [1.165, 1.54) is 0 Å². The summed E-state index contributed by atoms with van der Waals surface area (Å²) in [5.74, 6) is 0.0602. The van der Waals surface area contributed by atoms with Crippen molar-refractivity contribution in [3.05, 3.63) is 29.5 Å². The van der Waals surface area contributed by atoms with Gasteiger partial charge in [0.25, 0.3) is 0 Å². The van der Waals surface area contributed by atoms with E-state index in [9.17, 15) is 4.79 Å². The highest BCUT2D eigenvalue weighted by Gasteiger charge is 2.15. The van der Waals surface area contributed by atoms with Crippen molar-refractivity contribution in [3.63, 3.8) is 0 Å². The van der Waals surface area contributed by atoms with Crippen molar-refractivity contribution in [2.45, 2.75) is 20.4 Å². The van der Waals surface area contributed by atoms with Gasteiger partial charge in [0.15, 0.2) is 0 Å². The molecule has 1 heterocycles. The molecule has 18 heavy (non-hydrogen) atoms. The molecule has 0 aliphatic heterocycles. The van der Waals surface area contributed by atoms with Gasteiger partial charge in [0.1, 0.15) is 6.54 Å². The maximum absolute atomic E-state index is 12.1. The minimum Gasteiger partial charge on any atom is -0.342 e. The number of carbonyl (C=O) groups is 1. The van der Waals surface area contributed by atoms with Crippen LogP contribution in [0.15, 0.2) is 24.3 Å². The van der Waals surface area contributed by atoms with Crippen molar-refractivity contribution < 1.29 is 4.79 Å². The Morgan fingerprint density at radius 1 is 1.33 bits per heavy atom. The van der Waals surface area contributed by atoms with E-state index in [0.717, 1.165) is 11.0 Å². The van der Waals surface area contributed by atoms with E-state index < -0.39 is 0 Å². The molecule has 1 aromatic heterocycles. The van der Waals surface area contributed by atoms with Gasteiger partial charge in [-0.3, -0.25) is 4.79 Å². The molecule has 1 amide bonds. The minimum atomic E-state index is 0.0602. The van der Waals surface area contributed by atoms with Crippen LogP contribution in [0.4, 0.5) is 0 Å². The lowest BCUT2D eigenvalue weighted by Gasteiger charge is -2.19. The second kappa shape index (κ2) is 5.40. The van der Waals surface area contributed by atoms with Gasteiger partial charge in [-0.2, -0.15) is 0 Å². The molecule has 0 aliphatic carbocycles. The highest BCUT2D eigenvalue weighted by atomic mass is 35.5. The number of imidazole rings is 1. The fourth-order valence-corrected chi connectivity index (χ4v) is 2.25. The lowest BCUT2D eigenvalue weighted by Crippen LogP contribution is -2.33. The molecule has 2 rings (SSSR count). The Morgan fingerprint density at radius 3 is 2.67 bits per heavy atom. The van der Waals surface area contributed by atoms with Crippen molar-refractivity contribution in [2.24, 2.45) is 0 Å². The number of carbonyl (C=O) groups excluding carboxylic acids is 1. The standard InChI is InChI=1S/C13H16ClN3O/c1-3-16(4-2)12(18)9-17-11-8-6-5-7-10(11)15-13(17)14/h5-8H,3-4,9H2,1-2H3. The number of benzene rings is 1. The molecule has 0 saturated heterocycles. The molecule has 0 fully saturated rings. The Morgan fingerprint density at radius 2 is 2.00 bits per heavy atom. The molecule has 1 aromatic carbocycles. The van der Waals surface area contributed by atoms with Crippen LogP contribution in [0.5, 0.6) is 0 Å². The Bertz CT molecular complexity index is 560. The van der Waals surface area contributed by atoms with Crippen molar-refractivity contribution in [1.82, 2.24) is 14.5 Å². The maximum Gasteiger partial charge on any atom is 0.242 e. The lowest BCUT2D eigenvalue weighted by molar-refractivity contribution is -0.131. The number of hydrogen-bond acceptors (Lipinski definition) is 2. The topological polar surface area (TPSA) is 38.1 Å². The van der Waals surface area contributed by atoms with Gasteiger partial charge in [0.05, 0.1) is 11.0 Å². The first-order valence-corrected chi connectivity index (χ1v) is 6.43. The third-order valence-corrected chi connectivity index (χ3v) is 3.31. The minimum absolute atomic E-state index is 0.0602. The van der Waals surface area contributed by atoms with Crippen molar-refractivity contribution in [2.75, 3.05) is 13.1 Å². The smallest absolute Gasteiger partial charge is 0.242 e. The van der Waals surface area contributed by atoms with E-state index in [1.807, 2.05) is 38.1 Å². The van der Waals surface area contributed by atoms with Crippen LogP contribution in [0.3, 0.4) is 0 Å². The first-order chi connectivity index (χ1) is 8.67. The van der Waals surface area contributed by atoms with Gasteiger partial charge in [-0.25, -0.2) is 4.98 Å². The molecule has 0 saturated carbocycles. The third-order valence-electron chi connectivity index (χ3n) is 3.02. The normalized spacial score (nSPS) is 10.8. The number of para-hydroxylation sites is 2. The summed E-state index contributed by atoms with van der Waals surface area (Å²) in [5, 5.41) is 0.358. The summed E-state index contributed by atoms with van der Waals surface area (Å²) in [6.45, 7) is 5.59. The summed E-state index contributed by atoms with van der Waals surface area (Å²) in [6.07, 6.45) is 0. The molecular formula is C13H16ClN3O. The molecule has 4 nitrogen and oxygen atoms in total. The van der Waals surface area contributed by atoms with Gasteiger partial charge >= 0.3 is 0 Å². The van der Waals surface area contributed by atoms with Crippen LogP contribution < -0.4 is 0 Å². The molecule has 5 heteroatoms. The lowest BCUT2D eigenvalue weighted by atomic mass is 10.3. The Kier molecular flexibility index (Phi) is 3.87. The van der Waals surface area contributed by atoms with Crippen LogP contribution in [-0.4, -0.2) is 33.4 Å². The van der Waals surface area contributed by atoms with Crippen molar-refractivity contribution in [1.29, 1.82) is 0 Å². The van der Waals surface area contributed by atoms with E-state index >= 15 is 0 Å². The quantitative estimate of drug-likeness (QED) is 0.852. The first-order valence-electron chi connectivity index (χ1n) is 6.05. The van der Waals surface area contributed by atoms with Crippen LogP contribution in [0.2, 0.25) is 5.28 Å². The Hall–Kier alpha value is -1.55. The average Bonchev–Trinajstić information content (AvgIpc) is 2.68. The SMILES string of the molecule is CCN(CC)C(=O)Cn1c(Cl)nc2ccccc21. The average molecular weight is 266 g/mol.